The first-order valence-corrected chi connectivity index (χ1v) is 5.91. The van der Waals surface area contributed by atoms with Gasteiger partial charge in [0, 0.05) is 11.0 Å². The molecule has 1 saturated carbocycles. The summed E-state index contributed by atoms with van der Waals surface area (Å²) in [6.45, 7) is 3.95. The van der Waals surface area contributed by atoms with Crippen LogP contribution in [0.3, 0.4) is 0 Å². The molecule has 82 valence electrons. The molecule has 3 heteroatoms. The normalized spacial score (nSPS) is 19.0. The lowest BCUT2D eigenvalue weighted by Gasteiger charge is -2.31. The monoisotopic (exact) mass is 271 g/mol. The Labute approximate surface area is 98.0 Å². The van der Waals surface area contributed by atoms with Gasteiger partial charge in [-0.2, -0.15) is 0 Å². The Hall–Kier alpha value is -0.410. The lowest BCUT2D eigenvalue weighted by Crippen LogP contribution is -2.45. The van der Waals surface area contributed by atoms with Crippen LogP contribution in [0.15, 0.2) is 22.7 Å². The van der Waals surface area contributed by atoms with Crippen molar-refractivity contribution in [1.82, 2.24) is 0 Å². The van der Waals surface area contributed by atoms with E-state index in [1.54, 1.807) is 6.07 Å². The van der Waals surface area contributed by atoms with Gasteiger partial charge >= 0.3 is 0 Å². The van der Waals surface area contributed by atoms with Gasteiger partial charge in [0.25, 0.3) is 0 Å². The summed E-state index contributed by atoms with van der Waals surface area (Å²) >= 11 is 3.22. The molecule has 0 atom stereocenters. The average Bonchev–Trinajstić information content (AvgIpc) is 2.89. The third-order valence-electron chi connectivity index (χ3n) is 3.45. The van der Waals surface area contributed by atoms with Gasteiger partial charge in [-0.1, -0.05) is 12.1 Å². The second kappa shape index (κ2) is 3.29. The van der Waals surface area contributed by atoms with E-state index in [1.807, 2.05) is 26.0 Å². The zero-order valence-electron chi connectivity index (χ0n) is 8.98. The van der Waals surface area contributed by atoms with Crippen LogP contribution in [0.5, 0.6) is 0 Å². The molecule has 0 radical (unpaired) electrons. The predicted octanol–water partition coefficient (Wildman–Crippen LogP) is 3.36. The Bertz CT molecular complexity index is 391. The van der Waals surface area contributed by atoms with E-state index in [4.69, 9.17) is 5.73 Å². The topological polar surface area (TPSA) is 26.0 Å². The van der Waals surface area contributed by atoms with Crippen molar-refractivity contribution in [3.8, 4) is 0 Å². The molecular formula is C12H15BrFN. The molecule has 0 aromatic heterocycles. The molecule has 2 rings (SSSR count). The highest BCUT2D eigenvalue weighted by molar-refractivity contribution is 9.10. The fraction of sp³-hybridized carbons (Fsp3) is 0.500. The summed E-state index contributed by atoms with van der Waals surface area (Å²) < 4.78 is 14.5. The second-order valence-corrected chi connectivity index (χ2v) is 5.76. The SMILES string of the molecule is CC(C)(N)C1(c2cccc(Br)c2F)CC1. The van der Waals surface area contributed by atoms with E-state index in [2.05, 4.69) is 15.9 Å². The van der Waals surface area contributed by atoms with Gasteiger partial charge in [-0.15, -0.1) is 0 Å². The van der Waals surface area contributed by atoms with Gasteiger partial charge in [0.2, 0.25) is 0 Å². The van der Waals surface area contributed by atoms with Crippen LogP contribution in [-0.4, -0.2) is 5.54 Å². The first kappa shape index (κ1) is 11.1. The van der Waals surface area contributed by atoms with Gasteiger partial charge in [-0.3, -0.25) is 0 Å². The predicted molar refractivity (Wildman–Crippen MR) is 63.3 cm³/mol. The number of hydrogen-bond acceptors (Lipinski definition) is 1. The first-order chi connectivity index (χ1) is 6.88. The van der Waals surface area contributed by atoms with E-state index in [1.165, 1.54) is 0 Å². The number of nitrogens with two attached hydrogens (primary N) is 1. The molecule has 0 saturated heterocycles. The third kappa shape index (κ3) is 1.62. The Balaban J connectivity index is 2.51. The Morgan fingerprint density at radius 3 is 2.47 bits per heavy atom. The minimum absolute atomic E-state index is 0.159. The van der Waals surface area contributed by atoms with E-state index in [-0.39, 0.29) is 16.8 Å². The molecule has 1 fully saturated rings. The summed E-state index contributed by atoms with van der Waals surface area (Å²) in [4.78, 5) is 0. The molecule has 2 N–H and O–H groups in total. The van der Waals surface area contributed by atoms with Gasteiger partial charge < -0.3 is 5.73 Å². The molecule has 1 aliphatic rings. The molecule has 0 heterocycles. The molecule has 1 nitrogen and oxygen atoms in total. The zero-order chi connectivity index (χ0) is 11.3. The van der Waals surface area contributed by atoms with Crippen LogP contribution < -0.4 is 5.73 Å². The quantitative estimate of drug-likeness (QED) is 0.877. The van der Waals surface area contributed by atoms with Crippen molar-refractivity contribution >= 4 is 15.9 Å². The molecule has 0 amide bonds. The Morgan fingerprint density at radius 2 is 2.00 bits per heavy atom. The summed E-state index contributed by atoms with van der Waals surface area (Å²) in [6.07, 6.45) is 1.95. The van der Waals surface area contributed by atoms with E-state index in [0.717, 1.165) is 18.4 Å². The second-order valence-electron chi connectivity index (χ2n) is 4.91. The van der Waals surface area contributed by atoms with Crippen molar-refractivity contribution in [3.63, 3.8) is 0 Å². The Kier molecular flexibility index (Phi) is 2.43. The maximum absolute atomic E-state index is 14.0. The van der Waals surface area contributed by atoms with Crippen LogP contribution in [0, 0.1) is 5.82 Å². The Morgan fingerprint density at radius 1 is 1.40 bits per heavy atom. The summed E-state index contributed by atoms with van der Waals surface area (Å²) in [5.41, 5.74) is 6.37. The van der Waals surface area contributed by atoms with Gasteiger partial charge in [-0.25, -0.2) is 4.39 Å². The molecule has 0 bridgehead atoms. The van der Waals surface area contributed by atoms with E-state index < -0.39 is 0 Å². The van der Waals surface area contributed by atoms with Gasteiger partial charge in [-0.05, 0) is 54.2 Å². The number of benzene rings is 1. The highest BCUT2D eigenvalue weighted by atomic mass is 79.9. The summed E-state index contributed by atoms with van der Waals surface area (Å²) in [5.74, 6) is -0.159. The summed E-state index contributed by atoms with van der Waals surface area (Å²) in [6, 6.07) is 5.44. The fourth-order valence-electron chi connectivity index (χ4n) is 2.26. The fourth-order valence-corrected chi connectivity index (χ4v) is 2.63. The van der Waals surface area contributed by atoms with Crippen LogP contribution in [0.1, 0.15) is 32.3 Å². The number of hydrogen-bond donors (Lipinski definition) is 1. The van der Waals surface area contributed by atoms with Gasteiger partial charge in [0.15, 0.2) is 0 Å². The van der Waals surface area contributed by atoms with Crippen LogP contribution in [-0.2, 0) is 5.41 Å². The molecule has 1 aromatic rings. The van der Waals surface area contributed by atoms with Crippen LogP contribution >= 0.6 is 15.9 Å². The van der Waals surface area contributed by atoms with E-state index >= 15 is 0 Å². The first-order valence-electron chi connectivity index (χ1n) is 5.12. The molecule has 0 aliphatic heterocycles. The van der Waals surface area contributed by atoms with Gasteiger partial charge in [0.05, 0.1) is 4.47 Å². The molecule has 1 aromatic carbocycles. The van der Waals surface area contributed by atoms with E-state index in [9.17, 15) is 4.39 Å². The minimum atomic E-state index is -0.366. The maximum Gasteiger partial charge on any atom is 0.141 e. The maximum atomic E-state index is 14.0. The lowest BCUT2D eigenvalue weighted by atomic mass is 9.79. The number of halogens is 2. The average molecular weight is 272 g/mol. The summed E-state index contributed by atoms with van der Waals surface area (Å²) in [7, 11) is 0. The van der Waals surface area contributed by atoms with E-state index in [0.29, 0.717) is 4.47 Å². The standard InChI is InChI=1S/C12H15BrFN/c1-11(2,15)12(6-7-12)8-4-3-5-9(13)10(8)14/h3-5H,6-7,15H2,1-2H3. The largest absolute Gasteiger partial charge is 0.325 e. The summed E-state index contributed by atoms with van der Waals surface area (Å²) in [5, 5.41) is 0. The minimum Gasteiger partial charge on any atom is -0.325 e. The van der Waals surface area contributed by atoms with Crippen molar-refractivity contribution in [2.45, 2.75) is 37.6 Å². The van der Waals surface area contributed by atoms with Crippen molar-refractivity contribution in [2.75, 3.05) is 0 Å². The third-order valence-corrected chi connectivity index (χ3v) is 4.06. The van der Waals surface area contributed by atoms with Crippen molar-refractivity contribution in [1.29, 1.82) is 0 Å². The smallest absolute Gasteiger partial charge is 0.141 e. The highest BCUT2D eigenvalue weighted by Crippen LogP contribution is 2.55. The number of rotatable bonds is 2. The van der Waals surface area contributed by atoms with Crippen molar-refractivity contribution < 1.29 is 4.39 Å². The van der Waals surface area contributed by atoms with Crippen molar-refractivity contribution in [3.05, 3.63) is 34.1 Å². The molecule has 15 heavy (non-hydrogen) atoms. The molecule has 0 unspecified atom stereocenters. The highest BCUT2D eigenvalue weighted by Gasteiger charge is 2.55. The van der Waals surface area contributed by atoms with Crippen LogP contribution in [0.2, 0.25) is 0 Å². The molecule has 0 spiro atoms. The molecule has 1 aliphatic carbocycles. The zero-order valence-corrected chi connectivity index (χ0v) is 10.6. The van der Waals surface area contributed by atoms with Crippen LogP contribution in [0.25, 0.3) is 0 Å². The van der Waals surface area contributed by atoms with Crippen LogP contribution in [0.4, 0.5) is 4.39 Å². The van der Waals surface area contributed by atoms with Gasteiger partial charge in [0.1, 0.15) is 5.82 Å². The lowest BCUT2D eigenvalue weighted by molar-refractivity contribution is 0.378. The van der Waals surface area contributed by atoms with Crippen molar-refractivity contribution in [2.24, 2.45) is 5.73 Å². The molecular weight excluding hydrogens is 257 g/mol.